The monoisotopic (exact) mass is 332 g/mol. The van der Waals surface area contributed by atoms with E-state index >= 15 is 0 Å². The van der Waals surface area contributed by atoms with Gasteiger partial charge in [0, 0.05) is 7.11 Å². The highest BCUT2D eigenvalue weighted by Gasteiger charge is 2.05. The molecule has 2 aromatic carbocycles. The number of ether oxygens (including phenoxy) is 2. The maximum absolute atomic E-state index is 5.48. The zero-order chi connectivity index (χ0) is 14.4. The predicted octanol–water partition coefficient (Wildman–Crippen LogP) is 5.01. The van der Waals surface area contributed by atoms with E-state index in [1.807, 2.05) is 23.2 Å². The first-order chi connectivity index (χ1) is 9.74. The molecule has 2 nitrogen and oxygen atoms in total. The second kappa shape index (κ2) is 7.27. The molecule has 0 radical (unpaired) electrons. The molecular formula is C17H17BrO2. The third-order valence-corrected chi connectivity index (χ3v) is 3.24. The summed E-state index contributed by atoms with van der Waals surface area (Å²) in [6.07, 6.45) is 2.01. The van der Waals surface area contributed by atoms with Crippen molar-refractivity contribution in [1.82, 2.24) is 0 Å². The lowest BCUT2D eigenvalue weighted by atomic mass is 9.98. The van der Waals surface area contributed by atoms with E-state index in [0.717, 1.165) is 11.3 Å². The summed E-state index contributed by atoms with van der Waals surface area (Å²) in [5.41, 5.74) is 4.71. The van der Waals surface area contributed by atoms with Crippen molar-refractivity contribution in [3.05, 3.63) is 58.6 Å². The van der Waals surface area contributed by atoms with E-state index < -0.39 is 0 Å². The van der Waals surface area contributed by atoms with Gasteiger partial charge in [-0.25, -0.2) is 0 Å². The molecule has 104 valence electrons. The summed E-state index contributed by atoms with van der Waals surface area (Å²) >= 11 is 3.34. The summed E-state index contributed by atoms with van der Waals surface area (Å²) in [6.45, 7) is 2.34. The fourth-order valence-corrected chi connectivity index (χ4v) is 2.24. The quantitative estimate of drug-likeness (QED) is 0.716. The first kappa shape index (κ1) is 14.8. The smallest absolute Gasteiger partial charge is 0.188 e. The summed E-state index contributed by atoms with van der Waals surface area (Å²) < 4.78 is 10.4. The van der Waals surface area contributed by atoms with Gasteiger partial charge in [0.05, 0.1) is 0 Å². The predicted molar refractivity (Wildman–Crippen MR) is 87.1 cm³/mol. The average molecular weight is 333 g/mol. The van der Waals surface area contributed by atoms with Crippen LogP contribution in [0, 0.1) is 6.92 Å². The largest absolute Gasteiger partial charge is 0.468 e. The molecule has 0 fully saturated rings. The van der Waals surface area contributed by atoms with Crippen LogP contribution in [0.2, 0.25) is 0 Å². The van der Waals surface area contributed by atoms with Gasteiger partial charge in [-0.05, 0) is 46.8 Å². The van der Waals surface area contributed by atoms with E-state index in [1.54, 1.807) is 7.11 Å². The molecule has 2 rings (SSSR count). The summed E-state index contributed by atoms with van der Waals surface area (Å²) in [5.74, 6) is 0.795. The molecule has 20 heavy (non-hydrogen) atoms. The molecule has 0 aromatic heterocycles. The third kappa shape index (κ3) is 3.71. The highest BCUT2D eigenvalue weighted by Crippen LogP contribution is 2.29. The van der Waals surface area contributed by atoms with Gasteiger partial charge in [0.1, 0.15) is 5.75 Å². The highest BCUT2D eigenvalue weighted by atomic mass is 79.9. The number of rotatable bonds is 5. The van der Waals surface area contributed by atoms with Crippen LogP contribution in [0.5, 0.6) is 5.75 Å². The molecule has 0 aliphatic rings. The molecule has 0 atom stereocenters. The lowest BCUT2D eigenvalue weighted by molar-refractivity contribution is 0.0511. The fourth-order valence-electron chi connectivity index (χ4n) is 1.96. The Morgan fingerprint density at radius 2 is 1.85 bits per heavy atom. The Balaban J connectivity index is 2.39. The van der Waals surface area contributed by atoms with Crippen LogP contribution < -0.4 is 4.74 Å². The van der Waals surface area contributed by atoms with Gasteiger partial charge in [0.2, 0.25) is 0 Å². The number of methoxy groups -OCH3 is 1. The van der Waals surface area contributed by atoms with Crippen molar-refractivity contribution in [3.63, 3.8) is 0 Å². The Morgan fingerprint density at radius 3 is 2.50 bits per heavy atom. The zero-order valence-electron chi connectivity index (χ0n) is 11.6. The van der Waals surface area contributed by atoms with Crippen LogP contribution >= 0.6 is 15.9 Å². The number of hydrogen-bond acceptors (Lipinski definition) is 2. The Kier molecular flexibility index (Phi) is 5.39. The molecule has 0 unspecified atom stereocenters. The second-order valence-corrected chi connectivity index (χ2v) is 4.99. The lowest BCUT2D eigenvalue weighted by Crippen LogP contribution is -1.99. The van der Waals surface area contributed by atoms with Crippen molar-refractivity contribution in [2.45, 2.75) is 6.92 Å². The van der Waals surface area contributed by atoms with Crippen LogP contribution in [0.15, 0.2) is 47.4 Å². The number of hydrogen-bond donors (Lipinski definition) is 0. The van der Waals surface area contributed by atoms with Crippen LogP contribution in [0.3, 0.4) is 0 Å². The summed E-state index contributed by atoms with van der Waals surface area (Å²) in [6, 6.07) is 14.5. The van der Waals surface area contributed by atoms with E-state index in [9.17, 15) is 0 Å². The first-order valence-corrected chi connectivity index (χ1v) is 7.26. The number of benzene rings is 2. The second-order valence-electron chi connectivity index (χ2n) is 4.46. The van der Waals surface area contributed by atoms with E-state index in [0.29, 0.717) is 0 Å². The van der Waals surface area contributed by atoms with Crippen molar-refractivity contribution in [1.29, 1.82) is 0 Å². The van der Waals surface area contributed by atoms with Crippen LogP contribution in [0.1, 0.15) is 11.1 Å². The Hall–Kier alpha value is -1.58. The molecular weight excluding hydrogens is 316 g/mol. The highest BCUT2D eigenvalue weighted by molar-refractivity contribution is 9.11. The maximum Gasteiger partial charge on any atom is 0.188 e. The molecule has 0 N–H and O–H groups in total. The SMILES string of the molecule is COCOc1ccc(-c2ccc(C)cc2)c(/C=C/Br)c1. The standard InChI is InChI=1S/C17H17BrO2/c1-13-3-5-14(6-4-13)17-8-7-16(20-12-19-2)11-15(17)9-10-18/h3-11H,12H2,1-2H3/b10-9+. The molecule has 2 aromatic rings. The molecule has 3 heteroatoms. The summed E-state index contributed by atoms with van der Waals surface area (Å²) in [4.78, 5) is 1.85. The van der Waals surface area contributed by atoms with E-state index in [1.165, 1.54) is 16.7 Å². The minimum absolute atomic E-state index is 0.251. The molecule has 0 aliphatic heterocycles. The van der Waals surface area contributed by atoms with E-state index in [-0.39, 0.29) is 6.79 Å². The molecule has 0 saturated heterocycles. The van der Waals surface area contributed by atoms with Crippen molar-refractivity contribution in [2.24, 2.45) is 0 Å². The van der Waals surface area contributed by atoms with Gasteiger partial charge in [-0.15, -0.1) is 0 Å². The van der Waals surface area contributed by atoms with Gasteiger partial charge in [-0.1, -0.05) is 51.8 Å². The Bertz CT molecular complexity index is 588. The van der Waals surface area contributed by atoms with Crippen LogP contribution in [0.4, 0.5) is 0 Å². The fraction of sp³-hybridized carbons (Fsp3) is 0.176. The normalized spacial score (nSPS) is 10.9. The molecule has 0 spiro atoms. The lowest BCUT2D eigenvalue weighted by Gasteiger charge is -2.10. The van der Waals surface area contributed by atoms with Crippen LogP contribution in [0.25, 0.3) is 17.2 Å². The summed E-state index contributed by atoms with van der Waals surface area (Å²) in [7, 11) is 1.61. The topological polar surface area (TPSA) is 18.5 Å². The van der Waals surface area contributed by atoms with Gasteiger partial charge in [-0.2, -0.15) is 0 Å². The zero-order valence-corrected chi connectivity index (χ0v) is 13.2. The molecule has 0 amide bonds. The van der Waals surface area contributed by atoms with Gasteiger partial charge in [0.25, 0.3) is 0 Å². The van der Waals surface area contributed by atoms with Gasteiger partial charge < -0.3 is 9.47 Å². The number of aryl methyl sites for hydroxylation is 1. The number of halogens is 1. The van der Waals surface area contributed by atoms with E-state index in [4.69, 9.17) is 9.47 Å². The van der Waals surface area contributed by atoms with Crippen molar-refractivity contribution < 1.29 is 9.47 Å². The Morgan fingerprint density at radius 1 is 1.10 bits per heavy atom. The summed E-state index contributed by atoms with van der Waals surface area (Å²) in [5, 5.41) is 0. The average Bonchev–Trinajstić information content (AvgIpc) is 2.47. The molecule has 0 heterocycles. The van der Waals surface area contributed by atoms with Crippen LogP contribution in [-0.2, 0) is 4.74 Å². The van der Waals surface area contributed by atoms with Gasteiger partial charge in [-0.3, -0.25) is 0 Å². The van der Waals surface area contributed by atoms with Gasteiger partial charge >= 0.3 is 0 Å². The molecule has 0 aliphatic carbocycles. The first-order valence-electron chi connectivity index (χ1n) is 6.34. The van der Waals surface area contributed by atoms with Crippen molar-refractivity contribution in [2.75, 3.05) is 13.9 Å². The van der Waals surface area contributed by atoms with Crippen LogP contribution in [-0.4, -0.2) is 13.9 Å². The third-order valence-electron chi connectivity index (χ3n) is 2.97. The van der Waals surface area contributed by atoms with Crippen molar-refractivity contribution >= 4 is 22.0 Å². The molecule has 0 saturated carbocycles. The van der Waals surface area contributed by atoms with Gasteiger partial charge in [0.15, 0.2) is 6.79 Å². The van der Waals surface area contributed by atoms with E-state index in [2.05, 4.69) is 53.2 Å². The van der Waals surface area contributed by atoms with Crippen molar-refractivity contribution in [3.8, 4) is 16.9 Å². The Labute approximate surface area is 128 Å². The minimum atomic E-state index is 0.251. The minimum Gasteiger partial charge on any atom is -0.468 e. The molecule has 0 bridgehead atoms. The maximum atomic E-state index is 5.48.